The molecule has 1 rings (SSSR count). The van der Waals surface area contributed by atoms with Gasteiger partial charge in [0, 0.05) is 0 Å². The van der Waals surface area contributed by atoms with Gasteiger partial charge in [0.15, 0.2) is 0 Å². The Kier molecular flexibility index (Phi) is 2.41. The lowest BCUT2D eigenvalue weighted by atomic mass is 10.5. The van der Waals surface area contributed by atoms with Gasteiger partial charge in [0.05, 0.1) is 5.25 Å². The van der Waals surface area contributed by atoms with Gasteiger partial charge < -0.3 is 4.98 Å². The van der Waals surface area contributed by atoms with Crippen molar-refractivity contribution in [3.8, 4) is 0 Å². The minimum absolute atomic E-state index is 0.288. The highest BCUT2D eigenvalue weighted by Crippen LogP contribution is 2.27. The third-order valence-corrected chi connectivity index (χ3v) is 2.47. The first kappa shape index (κ1) is 6.95. The van der Waals surface area contributed by atoms with E-state index in [1.54, 1.807) is 6.33 Å². The number of nitrogens with one attached hydrogen (secondary N) is 1. The standard InChI is InChI=1S/C4H7N3S2/c1-3(9-8)4-5-2-6-7-4/h2-3,8H,1H3,(H,5,6,7). The lowest BCUT2D eigenvalue weighted by Crippen LogP contribution is -1.87. The van der Waals surface area contributed by atoms with Gasteiger partial charge in [0.2, 0.25) is 0 Å². The Morgan fingerprint density at radius 3 is 3.11 bits per heavy atom. The summed E-state index contributed by atoms with van der Waals surface area (Å²) in [6.07, 6.45) is 1.57. The molecule has 3 nitrogen and oxygen atoms in total. The Bertz CT molecular complexity index is 162. The molecule has 0 aromatic carbocycles. The van der Waals surface area contributed by atoms with Crippen molar-refractivity contribution in [2.75, 3.05) is 0 Å². The Morgan fingerprint density at radius 1 is 1.89 bits per heavy atom. The molecule has 1 atom stereocenters. The fourth-order valence-corrected chi connectivity index (χ4v) is 0.978. The number of rotatable bonds is 2. The van der Waals surface area contributed by atoms with Crippen LogP contribution in [0.5, 0.6) is 0 Å². The number of aromatic amines is 1. The van der Waals surface area contributed by atoms with E-state index in [0.29, 0.717) is 0 Å². The molecule has 0 fully saturated rings. The summed E-state index contributed by atoms with van der Waals surface area (Å²) in [5.41, 5.74) is 0. The molecule has 0 amide bonds. The maximum atomic E-state index is 4.03. The van der Waals surface area contributed by atoms with Crippen LogP contribution in [0.25, 0.3) is 0 Å². The van der Waals surface area contributed by atoms with Crippen LogP contribution in [0.15, 0.2) is 6.33 Å². The summed E-state index contributed by atoms with van der Waals surface area (Å²) < 4.78 is 0. The average molecular weight is 161 g/mol. The van der Waals surface area contributed by atoms with Crippen LogP contribution in [0, 0.1) is 0 Å². The number of thiol groups is 1. The van der Waals surface area contributed by atoms with Crippen molar-refractivity contribution >= 4 is 22.5 Å². The monoisotopic (exact) mass is 161 g/mol. The van der Waals surface area contributed by atoms with Gasteiger partial charge in [-0.15, -0.1) is 21.9 Å². The summed E-state index contributed by atoms with van der Waals surface area (Å²) >= 11 is 4.03. The number of hydrogen-bond donors (Lipinski definition) is 2. The van der Waals surface area contributed by atoms with E-state index in [9.17, 15) is 0 Å². The number of aromatic nitrogens is 3. The van der Waals surface area contributed by atoms with Gasteiger partial charge in [-0.25, -0.2) is 0 Å². The fraction of sp³-hybridized carbons (Fsp3) is 0.500. The zero-order valence-corrected chi connectivity index (χ0v) is 6.62. The quantitative estimate of drug-likeness (QED) is 0.509. The van der Waals surface area contributed by atoms with Crippen LogP contribution in [0.1, 0.15) is 18.0 Å². The molecule has 0 saturated carbocycles. The molecule has 1 aromatic rings. The van der Waals surface area contributed by atoms with Gasteiger partial charge in [-0.3, -0.25) is 0 Å². The van der Waals surface area contributed by atoms with E-state index >= 15 is 0 Å². The molecular formula is C4H7N3S2. The highest BCUT2D eigenvalue weighted by atomic mass is 33.1. The van der Waals surface area contributed by atoms with E-state index in [1.165, 1.54) is 10.8 Å². The van der Waals surface area contributed by atoms with Crippen LogP contribution in [-0.4, -0.2) is 15.2 Å². The molecule has 1 aromatic heterocycles. The van der Waals surface area contributed by atoms with Gasteiger partial charge in [-0.05, 0) is 6.92 Å². The molecule has 0 aliphatic rings. The molecule has 9 heavy (non-hydrogen) atoms. The minimum atomic E-state index is 0.288. The first-order valence-electron chi connectivity index (χ1n) is 2.50. The molecule has 0 spiro atoms. The van der Waals surface area contributed by atoms with Crippen molar-refractivity contribution in [1.29, 1.82) is 0 Å². The first-order chi connectivity index (χ1) is 4.34. The molecule has 0 saturated heterocycles. The van der Waals surface area contributed by atoms with Crippen molar-refractivity contribution in [3.63, 3.8) is 0 Å². The number of hydrogen-bond acceptors (Lipinski definition) is 4. The van der Waals surface area contributed by atoms with Crippen molar-refractivity contribution in [3.05, 3.63) is 12.2 Å². The molecule has 5 heteroatoms. The molecule has 0 aliphatic heterocycles. The van der Waals surface area contributed by atoms with Gasteiger partial charge in [0.1, 0.15) is 12.2 Å². The van der Waals surface area contributed by atoms with Crippen LogP contribution in [0.4, 0.5) is 0 Å². The van der Waals surface area contributed by atoms with Gasteiger partial charge in [-0.1, -0.05) is 10.8 Å². The zero-order valence-electron chi connectivity index (χ0n) is 4.90. The van der Waals surface area contributed by atoms with E-state index in [-0.39, 0.29) is 5.25 Å². The molecular weight excluding hydrogens is 154 g/mol. The second-order valence-electron chi connectivity index (χ2n) is 1.62. The van der Waals surface area contributed by atoms with E-state index in [1.807, 2.05) is 6.92 Å². The zero-order chi connectivity index (χ0) is 6.69. The Hall–Kier alpha value is -0.160. The Balaban J connectivity index is 2.65. The second kappa shape index (κ2) is 3.12. The molecule has 0 radical (unpaired) electrons. The van der Waals surface area contributed by atoms with E-state index < -0.39 is 0 Å². The van der Waals surface area contributed by atoms with E-state index in [4.69, 9.17) is 0 Å². The van der Waals surface area contributed by atoms with Crippen LogP contribution in [-0.2, 0) is 0 Å². The third kappa shape index (κ3) is 1.62. The number of nitrogens with zero attached hydrogens (tertiary/aromatic N) is 2. The fourth-order valence-electron chi connectivity index (χ4n) is 0.464. The van der Waals surface area contributed by atoms with Gasteiger partial charge >= 0.3 is 0 Å². The predicted molar refractivity (Wildman–Crippen MR) is 41.4 cm³/mol. The van der Waals surface area contributed by atoms with Crippen LogP contribution in [0.2, 0.25) is 0 Å². The summed E-state index contributed by atoms with van der Waals surface area (Å²) in [6, 6.07) is 0. The normalized spacial score (nSPS) is 13.6. The molecule has 0 aliphatic carbocycles. The molecule has 50 valence electrons. The maximum absolute atomic E-state index is 4.03. The first-order valence-corrected chi connectivity index (χ1v) is 4.44. The maximum Gasteiger partial charge on any atom is 0.143 e. The molecule has 1 heterocycles. The SMILES string of the molecule is CC(SS)c1nnc[nH]1. The van der Waals surface area contributed by atoms with E-state index in [2.05, 4.69) is 26.8 Å². The number of H-pyrrole nitrogens is 1. The predicted octanol–water partition coefficient (Wildman–Crippen LogP) is 1.44. The average Bonchev–Trinajstić information content (AvgIpc) is 2.37. The van der Waals surface area contributed by atoms with Crippen LogP contribution < -0.4 is 0 Å². The summed E-state index contributed by atoms with van der Waals surface area (Å²) in [6.45, 7) is 2.01. The topological polar surface area (TPSA) is 41.6 Å². The van der Waals surface area contributed by atoms with Crippen LogP contribution in [0.3, 0.4) is 0 Å². The minimum Gasteiger partial charge on any atom is -0.331 e. The summed E-state index contributed by atoms with van der Waals surface area (Å²) in [5, 5.41) is 7.74. The molecule has 0 bridgehead atoms. The van der Waals surface area contributed by atoms with E-state index in [0.717, 1.165) is 5.82 Å². The third-order valence-electron chi connectivity index (χ3n) is 0.979. The molecule has 1 unspecified atom stereocenters. The lowest BCUT2D eigenvalue weighted by molar-refractivity contribution is 0.931. The van der Waals surface area contributed by atoms with Crippen LogP contribution >= 0.6 is 22.5 Å². The highest BCUT2D eigenvalue weighted by Gasteiger charge is 2.04. The molecule has 1 N–H and O–H groups in total. The Morgan fingerprint density at radius 2 is 2.67 bits per heavy atom. The van der Waals surface area contributed by atoms with Crippen molar-refractivity contribution < 1.29 is 0 Å². The Labute approximate surface area is 62.5 Å². The summed E-state index contributed by atoms with van der Waals surface area (Å²) in [4.78, 5) is 2.90. The largest absolute Gasteiger partial charge is 0.331 e. The van der Waals surface area contributed by atoms with Crippen molar-refractivity contribution in [1.82, 2.24) is 15.2 Å². The smallest absolute Gasteiger partial charge is 0.143 e. The lowest BCUT2D eigenvalue weighted by Gasteiger charge is -1.98. The van der Waals surface area contributed by atoms with Crippen molar-refractivity contribution in [2.45, 2.75) is 12.2 Å². The van der Waals surface area contributed by atoms with Gasteiger partial charge in [-0.2, -0.15) is 0 Å². The highest BCUT2D eigenvalue weighted by molar-refractivity contribution is 8.68. The van der Waals surface area contributed by atoms with Gasteiger partial charge in [0.25, 0.3) is 0 Å². The second-order valence-corrected chi connectivity index (χ2v) is 3.17. The summed E-state index contributed by atoms with van der Waals surface area (Å²) in [7, 11) is 1.44. The summed E-state index contributed by atoms with van der Waals surface area (Å²) in [5.74, 6) is 0.870. The van der Waals surface area contributed by atoms with Crippen molar-refractivity contribution in [2.24, 2.45) is 0 Å².